The van der Waals surface area contributed by atoms with Gasteiger partial charge in [-0.2, -0.15) is 0 Å². The first-order valence-corrected chi connectivity index (χ1v) is 7.48. The second-order valence-corrected chi connectivity index (χ2v) is 5.43. The van der Waals surface area contributed by atoms with Gasteiger partial charge in [-0.1, -0.05) is 51.2 Å². The third-order valence-electron chi connectivity index (χ3n) is 3.78. The number of carbonyl (C=O) groups excluding carboxylic acids is 1. The monoisotopic (exact) mass is 236 g/mol. The van der Waals surface area contributed by atoms with Gasteiger partial charge in [-0.3, -0.25) is 4.79 Å². The van der Waals surface area contributed by atoms with Crippen LogP contribution in [0.15, 0.2) is 12.2 Å². The minimum Gasteiger partial charge on any atom is -0.299 e. The number of ketones is 1. The van der Waals surface area contributed by atoms with Crippen LogP contribution in [0.4, 0.5) is 0 Å². The second-order valence-electron chi connectivity index (χ2n) is 5.43. The predicted molar refractivity (Wildman–Crippen MR) is 74.1 cm³/mol. The lowest BCUT2D eigenvalue weighted by Gasteiger charge is -2.08. The summed E-state index contributed by atoms with van der Waals surface area (Å²) in [6.45, 7) is 2.09. The lowest BCUT2D eigenvalue weighted by atomic mass is 9.96. The van der Waals surface area contributed by atoms with E-state index in [0.717, 1.165) is 25.7 Å². The maximum absolute atomic E-state index is 11.8. The summed E-state index contributed by atoms with van der Waals surface area (Å²) >= 11 is 0. The topological polar surface area (TPSA) is 17.1 Å². The molecule has 17 heavy (non-hydrogen) atoms. The van der Waals surface area contributed by atoms with E-state index in [-0.39, 0.29) is 5.92 Å². The van der Waals surface area contributed by atoms with Gasteiger partial charge in [-0.15, -0.1) is 0 Å². The Balaban J connectivity index is 2.31. The molecule has 1 heteroatoms. The molecule has 1 aliphatic carbocycles. The Labute approximate surface area is 107 Å². The molecule has 1 unspecified atom stereocenters. The van der Waals surface area contributed by atoms with Gasteiger partial charge >= 0.3 is 0 Å². The highest BCUT2D eigenvalue weighted by Gasteiger charge is 2.11. The molecule has 0 aromatic heterocycles. The fourth-order valence-electron chi connectivity index (χ4n) is 2.43. The molecule has 0 fully saturated rings. The summed E-state index contributed by atoms with van der Waals surface area (Å²) in [5, 5.41) is 0. The summed E-state index contributed by atoms with van der Waals surface area (Å²) in [4.78, 5) is 11.8. The Kier molecular flexibility index (Phi) is 8.04. The molecule has 98 valence electrons. The molecule has 0 aliphatic heterocycles. The molecule has 1 nitrogen and oxygen atoms in total. The van der Waals surface area contributed by atoms with Crippen molar-refractivity contribution < 1.29 is 4.79 Å². The van der Waals surface area contributed by atoms with Crippen LogP contribution in [0.3, 0.4) is 0 Å². The van der Waals surface area contributed by atoms with Crippen LogP contribution < -0.4 is 0 Å². The highest BCUT2D eigenvalue weighted by atomic mass is 16.1. The quantitative estimate of drug-likeness (QED) is 0.538. The summed E-state index contributed by atoms with van der Waals surface area (Å²) in [7, 11) is 0. The van der Waals surface area contributed by atoms with E-state index in [1.54, 1.807) is 0 Å². The lowest BCUT2D eigenvalue weighted by molar-refractivity contribution is -0.122. The van der Waals surface area contributed by atoms with Crippen molar-refractivity contribution in [3.05, 3.63) is 12.2 Å². The maximum atomic E-state index is 11.8. The third kappa shape index (κ3) is 7.36. The number of Topliss-reactive ketones (excluding diaryl/α,β-unsaturated/α-hetero) is 1. The molecule has 1 atom stereocenters. The molecular weight excluding hydrogens is 208 g/mol. The van der Waals surface area contributed by atoms with E-state index in [0.29, 0.717) is 5.78 Å². The van der Waals surface area contributed by atoms with Crippen LogP contribution in [0.1, 0.15) is 77.6 Å². The standard InChI is InChI=1S/C16H28O/c1-15-13-11-9-7-5-3-2-4-6-8-10-12-14-16(15)17/h7,9,15H,2-6,8,10-14H2,1H3/b9-7-. The minimum atomic E-state index is 0.268. The molecule has 0 saturated carbocycles. The van der Waals surface area contributed by atoms with Crippen LogP contribution in [0.25, 0.3) is 0 Å². The average molecular weight is 236 g/mol. The van der Waals surface area contributed by atoms with Gasteiger partial charge in [-0.05, 0) is 32.1 Å². The molecule has 0 amide bonds. The first-order chi connectivity index (χ1) is 8.30. The molecule has 1 aliphatic rings. The van der Waals surface area contributed by atoms with Crippen molar-refractivity contribution in [1.82, 2.24) is 0 Å². The Morgan fingerprint density at radius 2 is 1.47 bits per heavy atom. The zero-order valence-corrected chi connectivity index (χ0v) is 11.4. The summed E-state index contributed by atoms with van der Waals surface area (Å²) in [5.74, 6) is 0.748. The van der Waals surface area contributed by atoms with Crippen LogP contribution in [0, 0.1) is 5.92 Å². The molecule has 0 aromatic carbocycles. The molecule has 1 rings (SSSR count). The van der Waals surface area contributed by atoms with Gasteiger partial charge < -0.3 is 0 Å². The Morgan fingerprint density at radius 3 is 2.24 bits per heavy atom. The molecule has 0 saturated heterocycles. The zero-order valence-electron chi connectivity index (χ0n) is 11.4. The number of hydrogen-bond acceptors (Lipinski definition) is 1. The molecule has 0 radical (unpaired) electrons. The Bertz CT molecular complexity index is 230. The number of carbonyl (C=O) groups is 1. The smallest absolute Gasteiger partial charge is 0.135 e. The van der Waals surface area contributed by atoms with E-state index < -0.39 is 0 Å². The van der Waals surface area contributed by atoms with Crippen molar-refractivity contribution in [2.45, 2.75) is 77.6 Å². The first-order valence-electron chi connectivity index (χ1n) is 7.48. The van der Waals surface area contributed by atoms with Crippen LogP contribution >= 0.6 is 0 Å². The van der Waals surface area contributed by atoms with Gasteiger partial charge in [0.1, 0.15) is 5.78 Å². The normalized spacial score (nSPS) is 28.1. The molecule has 0 bridgehead atoms. The van der Waals surface area contributed by atoms with Crippen LogP contribution in [-0.2, 0) is 4.79 Å². The molecule has 0 spiro atoms. The fourth-order valence-corrected chi connectivity index (χ4v) is 2.43. The molecule has 0 heterocycles. The van der Waals surface area contributed by atoms with Crippen LogP contribution in [0.5, 0.6) is 0 Å². The maximum Gasteiger partial charge on any atom is 0.135 e. The van der Waals surface area contributed by atoms with Crippen molar-refractivity contribution in [2.24, 2.45) is 5.92 Å². The van der Waals surface area contributed by atoms with Crippen LogP contribution in [0.2, 0.25) is 0 Å². The zero-order chi connectivity index (χ0) is 12.3. The largest absolute Gasteiger partial charge is 0.299 e. The number of hydrogen-bond donors (Lipinski definition) is 0. The van der Waals surface area contributed by atoms with Crippen molar-refractivity contribution in [1.29, 1.82) is 0 Å². The van der Waals surface area contributed by atoms with Gasteiger partial charge in [-0.25, -0.2) is 0 Å². The number of allylic oxidation sites excluding steroid dienone is 2. The van der Waals surface area contributed by atoms with Crippen molar-refractivity contribution in [3.63, 3.8) is 0 Å². The Hall–Kier alpha value is -0.590. The summed E-state index contributed by atoms with van der Waals surface area (Å²) in [5.41, 5.74) is 0. The lowest BCUT2D eigenvalue weighted by Crippen LogP contribution is -2.10. The van der Waals surface area contributed by atoms with E-state index in [9.17, 15) is 4.79 Å². The molecule has 0 N–H and O–H groups in total. The van der Waals surface area contributed by atoms with E-state index in [1.807, 2.05) is 0 Å². The Morgan fingerprint density at radius 1 is 0.882 bits per heavy atom. The fraction of sp³-hybridized carbons (Fsp3) is 0.812. The highest BCUT2D eigenvalue weighted by Crippen LogP contribution is 2.15. The summed E-state index contributed by atoms with van der Waals surface area (Å²) < 4.78 is 0. The van der Waals surface area contributed by atoms with Crippen molar-refractivity contribution >= 4 is 5.78 Å². The van der Waals surface area contributed by atoms with Crippen LogP contribution in [-0.4, -0.2) is 5.78 Å². The van der Waals surface area contributed by atoms with Gasteiger partial charge in [0, 0.05) is 12.3 Å². The highest BCUT2D eigenvalue weighted by molar-refractivity contribution is 5.80. The van der Waals surface area contributed by atoms with Gasteiger partial charge in [0.05, 0.1) is 0 Å². The predicted octanol–water partition coefficient (Wildman–Crippen LogP) is 5.05. The first kappa shape index (κ1) is 14.5. The SMILES string of the molecule is CC1CC/C=C\CCCCCCCCCC1=O. The molecule has 0 aromatic rings. The van der Waals surface area contributed by atoms with Gasteiger partial charge in [0.2, 0.25) is 0 Å². The van der Waals surface area contributed by atoms with E-state index in [4.69, 9.17) is 0 Å². The van der Waals surface area contributed by atoms with Gasteiger partial charge in [0.15, 0.2) is 0 Å². The van der Waals surface area contributed by atoms with Crippen molar-refractivity contribution in [3.8, 4) is 0 Å². The van der Waals surface area contributed by atoms with E-state index in [1.165, 1.54) is 44.9 Å². The molecular formula is C16H28O. The second kappa shape index (κ2) is 9.44. The van der Waals surface area contributed by atoms with E-state index >= 15 is 0 Å². The number of rotatable bonds is 0. The van der Waals surface area contributed by atoms with E-state index in [2.05, 4.69) is 19.1 Å². The minimum absolute atomic E-state index is 0.268. The average Bonchev–Trinajstić information content (AvgIpc) is 2.34. The van der Waals surface area contributed by atoms with Crippen molar-refractivity contribution in [2.75, 3.05) is 0 Å². The van der Waals surface area contributed by atoms with Gasteiger partial charge in [0.25, 0.3) is 0 Å². The third-order valence-corrected chi connectivity index (χ3v) is 3.78. The summed E-state index contributed by atoms with van der Waals surface area (Å²) in [6.07, 6.45) is 17.8. The summed E-state index contributed by atoms with van der Waals surface area (Å²) in [6, 6.07) is 0.